The zero-order chi connectivity index (χ0) is 13.0. The summed E-state index contributed by atoms with van der Waals surface area (Å²) in [6.45, 7) is 2.69. The molecule has 1 fully saturated rings. The molecule has 1 N–H and O–H groups in total. The molecule has 1 saturated heterocycles. The summed E-state index contributed by atoms with van der Waals surface area (Å²) in [5, 5.41) is 9.49. The quantitative estimate of drug-likeness (QED) is 0.908. The van der Waals surface area contributed by atoms with Gasteiger partial charge in [-0.1, -0.05) is 23.7 Å². The first-order chi connectivity index (χ1) is 8.66. The number of para-hydroxylation sites is 1. The minimum Gasteiger partial charge on any atom is -0.491 e. The molecule has 19 heavy (non-hydrogen) atoms. The average Bonchev–Trinajstić information content (AvgIpc) is 2.80. The molecule has 6 heteroatoms. The molecule has 4 nitrogen and oxygen atoms in total. The molecule has 1 heterocycles. The van der Waals surface area contributed by atoms with E-state index >= 15 is 0 Å². The van der Waals surface area contributed by atoms with Gasteiger partial charge in [-0.3, -0.25) is 9.69 Å². The number of carboxylic acid groups (broad SMARTS) is 1. The zero-order valence-corrected chi connectivity index (χ0v) is 12.0. The number of carbonyl (C=O) groups is 1. The van der Waals surface area contributed by atoms with Crippen molar-refractivity contribution in [1.29, 1.82) is 0 Å². The Bertz CT molecular complexity index is 428. The largest absolute Gasteiger partial charge is 0.491 e. The zero-order valence-electron chi connectivity index (χ0n) is 10.4. The Balaban J connectivity index is 0.00000180. The maximum Gasteiger partial charge on any atom is 0.307 e. The molecule has 0 saturated carbocycles. The number of aliphatic carboxylic acids is 1. The molecule has 0 bridgehead atoms. The molecular formula is C13H17Cl2NO3. The van der Waals surface area contributed by atoms with Gasteiger partial charge in [0.2, 0.25) is 0 Å². The van der Waals surface area contributed by atoms with Crippen LogP contribution in [0.3, 0.4) is 0 Å². The molecule has 1 atom stereocenters. The minimum atomic E-state index is -0.704. The standard InChI is InChI=1S/C13H16ClNO3.ClH/c14-11-3-1-2-4-12(11)18-8-7-15-6-5-10(9-15)13(16)17;/h1-4,10H,5-9H2,(H,16,17);1H. The van der Waals surface area contributed by atoms with Crippen LogP contribution in [0.25, 0.3) is 0 Å². The van der Waals surface area contributed by atoms with E-state index in [0.29, 0.717) is 23.9 Å². The number of rotatable bonds is 5. The summed E-state index contributed by atoms with van der Waals surface area (Å²) in [5.41, 5.74) is 0. The molecule has 1 aliphatic rings. The maximum atomic E-state index is 10.8. The number of benzene rings is 1. The van der Waals surface area contributed by atoms with Crippen molar-refractivity contribution in [3.8, 4) is 5.75 Å². The summed E-state index contributed by atoms with van der Waals surface area (Å²) in [4.78, 5) is 12.9. The summed E-state index contributed by atoms with van der Waals surface area (Å²) < 4.78 is 5.57. The van der Waals surface area contributed by atoms with Crippen LogP contribution in [0.4, 0.5) is 0 Å². The summed E-state index contributed by atoms with van der Waals surface area (Å²) in [6, 6.07) is 7.34. The van der Waals surface area contributed by atoms with Crippen LogP contribution in [0.5, 0.6) is 5.75 Å². The second-order valence-corrected chi connectivity index (χ2v) is 4.81. The van der Waals surface area contributed by atoms with Gasteiger partial charge in [-0.25, -0.2) is 0 Å². The first-order valence-corrected chi connectivity index (χ1v) is 6.37. The van der Waals surface area contributed by atoms with Crippen molar-refractivity contribution in [3.63, 3.8) is 0 Å². The fraction of sp³-hybridized carbons (Fsp3) is 0.462. The Morgan fingerprint density at radius 3 is 2.84 bits per heavy atom. The molecule has 1 unspecified atom stereocenters. The molecule has 1 aromatic rings. The van der Waals surface area contributed by atoms with E-state index in [1.807, 2.05) is 18.2 Å². The van der Waals surface area contributed by atoms with Gasteiger partial charge in [-0.05, 0) is 25.1 Å². The minimum absolute atomic E-state index is 0. The third-order valence-corrected chi connectivity index (χ3v) is 3.44. The molecule has 0 radical (unpaired) electrons. The van der Waals surface area contributed by atoms with Crippen LogP contribution in [0.15, 0.2) is 24.3 Å². The first-order valence-electron chi connectivity index (χ1n) is 5.99. The summed E-state index contributed by atoms with van der Waals surface area (Å²) >= 11 is 5.97. The number of ether oxygens (including phenoxy) is 1. The van der Waals surface area contributed by atoms with Gasteiger partial charge in [0.1, 0.15) is 12.4 Å². The van der Waals surface area contributed by atoms with Gasteiger partial charge in [0.25, 0.3) is 0 Å². The highest BCUT2D eigenvalue weighted by Crippen LogP contribution is 2.23. The third kappa shape index (κ3) is 4.56. The monoisotopic (exact) mass is 305 g/mol. The van der Waals surface area contributed by atoms with Gasteiger partial charge >= 0.3 is 5.97 Å². The van der Waals surface area contributed by atoms with E-state index in [1.165, 1.54) is 0 Å². The van der Waals surface area contributed by atoms with Gasteiger partial charge in [-0.15, -0.1) is 12.4 Å². The predicted molar refractivity (Wildman–Crippen MR) is 76.4 cm³/mol. The highest BCUT2D eigenvalue weighted by atomic mass is 35.5. The Kier molecular flexibility index (Phi) is 6.42. The molecule has 0 amide bonds. The molecule has 1 aromatic carbocycles. The van der Waals surface area contributed by atoms with Crippen LogP contribution in [0.1, 0.15) is 6.42 Å². The molecule has 2 rings (SSSR count). The molecule has 0 aliphatic carbocycles. The fourth-order valence-electron chi connectivity index (χ4n) is 2.08. The lowest BCUT2D eigenvalue weighted by atomic mass is 10.1. The number of hydrogen-bond acceptors (Lipinski definition) is 3. The molecule has 106 valence electrons. The summed E-state index contributed by atoms with van der Waals surface area (Å²) in [5.74, 6) is -0.261. The van der Waals surface area contributed by atoms with Crippen LogP contribution in [-0.4, -0.2) is 42.2 Å². The SMILES string of the molecule is Cl.O=C(O)C1CCN(CCOc2ccccc2Cl)C1. The maximum absolute atomic E-state index is 10.8. The lowest BCUT2D eigenvalue weighted by molar-refractivity contribution is -0.141. The Hall–Kier alpha value is -0.970. The van der Waals surface area contributed by atoms with E-state index in [4.69, 9.17) is 21.4 Å². The molecule has 1 aliphatic heterocycles. The van der Waals surface area contributed by atoms with Crippen LogP contribution in [0.2, 0.25) is 5.02 Å². The van der Waals surface area contributed by atoms with Crippen LogP contribution in [0, 0.1) is 5.92 Å². The lowest BCUT2D eigenvalue weighted by Crippen LogP contribution is -2.27. The highest BCUT2D eigenvalue weighted by molar-refractivity contribution is 6.32. The van der Waals surface area contributed by atoms with E-state index in [0.717, 1.165) is 19.5 Å². The molecule has 0 aromatic heterocycles. The summed E-state index contributed by atoms with van der Waals surface area (Å²) in [7, 11) is 0. The van der Waals surface area contributed by atoms with E-state index < -0.39 is 5.97 Å². The number of halogens is 2. The second kappa shape index (κ2) is 7.58. The van der Waals surface area contributed by atoms with E-state index in [1.54, 1.807) is 6.07 Å². The number of hydrogen-bond donors (Lipinski definition) is 1. The number of nitrogens with zero attached hydrogens (tertiary/aromatic N) is 1. The highest BCUT2D eigenvalue weighted by Gasteiger charge is 2.27. The van der Waals surface area contributed by atoms with Gasteiger partial charge < -0.3 is 9.84 Å². The van der Waals surface area contributed by atoms with E-state index in [9.17, 15) is 4.79 Å². The van der Waals surface area contributed by atoms with Crippen molar-refractivity contribution < 1.29 is 14.6 Å². The lowest BCUT2D eigenvalue weighted by Gasteiger charge is -2.15. The number of likely N-dealkylation sites (tertiary alicyclic amines) is 1. The topological polar surface area (TPSA) is 49.8 Å². The Morgan fingerprint density at radius 1 is 1.47 bits per heavy atom. The Labute approximate surface area is 123 Å². The van der Waals surface area contributed by atoms with Crippen molar-refractivity contribution in [2.45, 2.75) is 6.42 Å². The predicted octanol–water partition coefficient (Wildman–Crippen LogP) is 2.55. The van der Waals surface area contributed by atoms with Gasteiger partial charge in [0.15, 0.2) is 0 Å². The van der Waals surface area contributed by atoms with Gasteiger partial charge in [0.05, 0.1) is 10.9 Å². The van der Waals surface area contributed by atoms with Crippen molar-refractivity contribution in [2.75, 3.05) is 26.2 Å². The first kappa shape index (κ1) is 16.1. The van der Waals surface area contributed by atoms with Crippen LogP contribution in [-0.2, 0) is 4.79 Å². The van der Waals surface area contributed by atoms with Crippen molar-refractivity contribution in [1.82, 2.24) is 4.90 Å². The fourth-order valence-corrected chi connectivity index (χ4v) is 2.27. The third-order valence-electron chi connectivity index (χ3n) is 3.12. The Morgan fingerprint density at radius 2 is 2.21 bits per heavy atom. The molecular weight excluding hydrogens is 289 g/mol. The number of carboxylic acids is 1. The van der Waals surface area contributed by atoms with E-state index in [-0.39, 0.29) is 18.3 Å². The van der Waals surface area contributed by atoms with Crippen molar-refractivity contribution in [3.05, 3.63) is 29.3 Å². The summed E-state index contributed by atoms with van der Waals surface area (Å²) in [6.07, 6.45) is 0.724. The molecule has 0 spiro atoms. The van der Waals surface area contributed by atoms with Crippen molar-refractivity contribution in [2.24, 2.45) is 5.92 Å². The van der Waals surface area contributed by atoms with Gasteiger partial charge in [0, 0.05) is 13.1 Å². The van der Waals surface area contributed by atoms with Crippen LogP contribution >= 0.6 is 24.0 Å². The second-order valence-electron chi connectivity index (χ2n) is 4.40. The van der Waals surface area contributed by atoms with Crippen LogP contribution < -0.4 is 4.74 Å². The normalized spacial score (nSPS) is 18.9. The van der Waals surface area contributed by atoms with E-state index in [2.05, 4.69) is 4.90 Å². The van der Waals surface area contributed by atoms with Crippen molar-refractivity contribution >= 4 is 30.0 Å². The van der Waals surface area contributed by atoms with Gasteiger partial charge in [-0.2, -0.15) is 0 Å². The average molecular weight is 306 g/mol. The smallest absolute Gasteiger partial charge is 0.307 e.